The molecule has 1 N–H and O–H groups in total. The normalized spacial score (nSPS) is 12.4. The lowest BCUT2D eigenvalue weighted by Crippen LogP contribution is -2.21. The summed E-state index contributed by atoms with van der Waals surface area (Å²) in [6.07, 6.45) is 7.04. The summed E-state index contributed by atoms with van der Waals surface area (Å²) in [6.45, 7) is 8.69. The lowest BCUT2D eigenvalue weighted by molar-refractivity contribution is 0.569. The molecule has 0 saturated heterocycles. The Morgan fingerprint density at radius 3 is 2.81 bits per heavy atom. The molecule has 0 radical (unpaired) electrons. The largest absolute Gasteiger partial charge is 0.334 e. The molecule has 16 heavy (non-hydrogen) atoms. The van der Waals surface area contributed by atoms with E-state index in [1.54, 1.807) is 0 Å². The first-order chi connectivity index (χ1) is 7.63. The number of aryl methyl sites for hydroxylation is 1. The molecule has 90 valence electrons. The third kappa shape index (κ3) is 4.19. The summed E-state index contributed by atoms with van der Waals surface area (Å²) >= 11 is 0. The van der Waals surface area contributed by atoms with Crippen LogP contribution in [0.15, 0.2) is 18.1 Å². The van der Waals surface area contributed by atoms with Gasteiger partial charge in [0.15, 0.2) is 0 Å². The summed E-state index contributed by atoms with van der Waals surface area (Å²) in [5, 5.41) is 3.47. The fourth-order valence-corrected chi connectivity index (χ4v) is 1.52. The molecule has 0 atom stereocenters. The topological polar surface area (TPSA) is 29.9 Å². The van der Waals surface area contributed by atoms with Gasteiger partial charge in [0.2, 0.25) is 0 Å². The Balaban J connectivity index is 2.54. The molecule has 0 fully saturated rings. The predicted molar refractivity (Wildman–Crippen MR) is 69.2 cm³/mol. The van der Waals surface area contributed by atoms with Gasteiger partial charge in [-0.1, -0.05) is 26.3 Å². The molecule has 1 aromatic rings. The predicted octanol–water partition coefficient (Wildman–Crippen LogP) is 2.46. The van der Waals surface area contributed by atoms with E-state index in [1.807, 2.05) is 24.1 Å². The molecule has 3 nitrogen and oxygen atoms in total. The first-order valence-electron chi connectivity index (χ1n) is 6.00. The zero-order valence-corrected chi connectivity index (χ0v) is 10.8. The molecule has 0 aliphatic carbocycles. The van der Waals surface area contributed by atoms with Crippen molar-refractivity contribution in [1.29, 1.82) is 0 Å². The Kier molecular flexibility index (Phi) is 5.26. The lowest BCUT2D eigenvalue weighted by atomic mass is 10.1. The molecule has 3 heteroatoms. The van der Waals surface area contributed by atoms with E-state index in [-0.39, 0.29) is 0 Å². The summed E-state index contributed by atoms with van der Waals surface area (Å²) in [5.74, 6) is 0.704. The maximum atomic E-state index is 4.12. The van der Waals surface area contributed by atoms with E-state index >= 15 is 0 Å². The summed E-state index contributed by atoms with van der Waals surface area (Å²) in [6, 6.07) is 0. The molecule has 0 unspecified atom stereocenters. The Morgan fingerprint density at radius 2 is 2.31 bits per heavy atom. The lowest BCUT2D eigenvalue weighted by Gasteiger charge is -2.09. The van der Waals surface area contributed by atoms with Crippen molar-refractivity contribution in [3.05, 3.63) is 23.8 Å². The maximum Gasteiger partial charge on any atom is 0.0948 e. The standard InChI is InChI=1S/C13H23N3/c1-5-12(8-14-7-11(2)3)6-13-9-15-10-16(13)4/h6,9-11,14H,5,7-8H2,1-4H3. The van der Waals surface area contributed by atoms with Gasteiger partial charge in [-0.05, 0) is 25.0 Å². The van der Waals surface area contributed by atoms with E-state index in [2.05, 4.69) is 37.1 Å². The van der Waals surface area contributed by atoms with Crippen molar-refractivity contribution in [3.8, 4) is 0 Å². The average molecular weight is 221 g/mol. The van der Waals surface area contributed by atoms with Crippen LogP contribution in [0.3, 0.4) is 0 Å². The van der Waals surface area contributed by atoms with Crippen molar-refractivity contribution >= 4 is 6.08 Å². The van der Waals surface area contributed by atoms with Gasteiger partial charge in [0, 0.05) is 13.6 Å². The quantitative estimate of drug-likeness (QED) is 0.799. The van der Waals surface area contributed by atoms with Gasteiger partial charge in [0.1, 0.15) is 0 Å². The molecule has 0 aromatic carbocycles. The third-order valence-corrected chi connectivity index (χ3v) is 2.56. The molecule has 0 aliphatic rings. The molecule has 1 aromatic heterocycles. The number of nitrogens with zero attached hydrogens (tertiary/aromatic N) is 2. The number of nitrogens with one attached hydrogen (secondary N) is 1. The van der Waals surface area contributed by atoms with Crippen LogP contribution in [0.25, 0.3) is 6.08 Å². The van der Waals surface area contributed by atoms with Crippen molar-refractivity contribution in [1.82, 2.24) is 14.9 Å². The van der Waals surface area contributed by atoms with Crippen LogP contribution in [0.1, 0.15) is 32.9 Å². The smallest absolute Gasteiger partial charge is 0.0948 e. The van der Waals surface area contributed by atoms with E-state index in [0.717, 1.165) is 19.5 Å². The van der Waals surface area contributed by atoms with Crippen molar-refractivity contribution in [3.63, 3.8) is 0 Å². The van der Waals surface area contributed by atoms with Crippen LogP contribution in [-0.4, -0.2) is 22.6 Å². The summed E-state index contributed by atoms with van der Waals surface area (Å²) in [5.41, 5.74) is 2.59. The summed E-state index contributed by atoms with van der Waals surface area (Å²) < 4.78 is 2.04. The minimum Gasteiger partial charge on any atom is -0.334 e. The van der Waals surface area contributed by atoms with E-state index < -0.39 is 0 Å². The second-order valence-corrected chi connectivity index (χ2v) is 4.61. The van der Waals surface area contributed by atoms with E-state index in [1.165, 1.54) is 11.3 Å². The summed E-state index contributed by atoms with van der Waals surface area (Å²) in [7, 11) is 2.02. The van der Waals surface area contributed by atoms with Gasteiger partial charge in [-0.15, -0.1) is 0 Å². The first-order valence-corrected chi connectivity index (χ1v) is 6.00. The second kappa shape index (κ2) is 6.48. The van der Waals surface area contributed by atoms with Crippen molar-refractivity contribution in [2.45, 2.75) is 27.2 Å². The Bertz CT molecular complexity index is 337. The van der Waals surface area contributed by atoms with Crippen molar-refractivity contribution in [2.75, 3.05) is 13.1 Å². The second-order valence-electron chi connectivity index (χ2n) is 4.61. The number of rotatable bonds is 6. The van der Waals surface area contributed by atoms with Gasteiger partial charge < -0.3 is 9.88 Å². The van der Waals surface area contributed by atoms with Crippen molar-refractivity contribution < 1.29 is 0 Å². The van der Waals surface area contributed by atoms with Gasteiger partial charge >= 0.3 is 0 Å². The SMILES string of the molecule is CCC(=Cc1cncn1C)CNCC(C)C. The van der Waals surface area contributed by atoms with E-state index in [4.69, 9.17) is 0 Å². The minimum absolute atomic E-state index is 0.704. The highest BCUT2D eigenvalue weighted by Crippen LogP contribution is 2.07. The molecule has 0 aliphatic heterocycles. The molecular weight excluding hydrogens is 198 g/mol. The number of aromatic nitrogens is 2. The molecular formula is C13H23N3. The molecule has 0 saturated carbocycles. The van der Waals surface area contributed by atoms with Crippen LogP contribution in [0.2, 0.25) is 0 Å². The summed E-state index contributed by atoms with van der Waals surface area (Å²) in [4.78, 5) is 4.12. The Labute approximate surface area is 98.6 Å². The third-order valence-electron chi connectivity index (χ3n) is 2.56. The number of imidazole rings is 1. The van der Waals surface area contributed by atoms with E-state index in [0.29, 0.717) is 5.92 Å². The zero-order valence-electron chi connectivity index (χ0n) is 10.8. The van der Waals surface area contributed by atoms with Gasteiger partial charge in [-0.3, -0.25) is 0 Å². The number of hydrogen-bond acceptors (Lipinski definition) is 2. The zero-order chi connectivity index (χ0) is 12.0. The van der Waals surface area contributed by atoms with Gasteiger partial charge in [-0.2, -0.15) is 0 Å². The fourth-order valence-electron chi connectivity index (χ4n) is 1.52. The van der Waals surface area contributed by atoms with Gasteiger partial charge in [-0.25, -0.2) is 4.98 Å². The first kappa shape index (κ1) is 13.0. The Morgan fingerprint density at radius 1 is 1.56 bits per heavy atom. The highest BCUT2D eigenvalue weighted by molar-refractivity contribution is 5.48. The average Bonchev–Trinajstić information content (AvgIpc) is 2.62. The minimum atomic E-state index is 0.704. The highest BCUT2D eigenvalue weighted by atomic mass is 15.0. The molecule has 0 bridgehead atoms. The van der Waals surface area contributed by atoms with Crippen molar-refractivity contribution in [2.24, 2.45) is 13.0 Å². The molecule has 1 rings (SSSR count). The van der Waals surface area contributed by atoms with E-state index in [9.17, 15) is 0 Å². The van der Waals surface area contributed by atoms with Crippen LogP contribution >= 0.6 is 0 Å². The van der Waals surface area contributed by atoms with Crippen LogP contribution in [0, 0.1) is 5.92 Å². The molecule has 1 heterocycles. The molecule has 0 amide bonds. The van der Waals surface area contributed by atoms with Crippen LogP contribution in [-0.2, 0) is 7.05 Å². The maximum absolute atomic E-state index is 4.12. The van der Waals surface area contributed by atoms with Crippen LogP contribution in [0.4, 0.5) is 0 Å². The fraction of sp³-hybridized carbons (Fsp3) is 0.615. The van der Waals surface area contributed by atoms with Gasteiger partial charge in [0.05, 0.1) is 18.2 Å². The van der Waals surface area contributed by atoms with Crippen LogP contribution in [0.5, 0.6) is 0 Å². The highest BCUT2D eigenvalue weighted by Gasteiger charge is 1.99. The Hall–Kier alpha value is -1.09. The monoisotopic (exact) mass is 221 g/mol. The van der Waals surface area contributed by atoms with Gasteiger partial charge in [0.25, 0.3) is 0 Å². The van der Waals surface area contributed by atoms with Crippen LogP contribution < -0.4 is 5.32 Å². The number of hydrogen-bond donors (Lipinski definition) is 1. The molecule has 0 spiro atoms.